The van der Waals surface area contributed by atoms with Crippen molar-refractivity contribution in [3.63, 3.8) is 0 Å². The predicted molar refractivity (Wildman–Crippen MR) is 94.1 cm³/mol. The summed E-state index contributed by atoms with van der Waals surface area (Å²) in [6, 6.07) is 6.67. The third kappa shape index (κ3) is 6.04. The molecule has 2 unspecified atom stereocenters. The molecule has 128 valence electrons. The van der Waals surface area contributed by atoms with Crippen LogP contribution < -0.4 is 10.6 Å². The Morgan fingerprint density at radius 1 is 1.35 bits per heavy atom. The molecule has 0 heterocycles. The SMILES string of the molecule is CC(CCNC1Cc2ccc(Cl)cc2C1)NC(=O)OC(C)(C)C. The van der Waals surface area contributed by atoms with E-state index in [1.807, 2.05) is 33.8 Å². The monoisotopic (exact) mass is 338 g/mol. The second-order valence-corrected chi connectivity index (χ2v) is 7.74. The van der Waals surface area contributed by atoms with Crippen molar-refractivity contribution in [3.8, 4) is 0 Å². The molecule has 1 aliphatic carbocycles. The summed E-state index contributed by atoms with van der Waals surface area (Å²) in [5.41, 5.74) is 2.26. The first kappa shape index (κ1) is 18.1. The third-order valence-corrected chi connectivity index (χ3v) is 4.11. The van der Waals surface area contributed by atoms with Crippen LogP contribution in [0.3, 0.4) is 0 Å². The maximum Gasteiger partial charge on any atom is 0.407 e. The highest BCUT2D eigenvalue weighted by Gasteiger charge is 2.21. The largest absolute Gasteiger partial charge is 0.444 e. The van der Waals surface area contributed by atoms with Crippen molar-refractivity contribution in [1.29, 1.82) is 0 Å². The van der Waals surface area contributed by atoms with Gasteiger partial charge in [0, 0.05) is 17.1 Å². The summed E-state index contributed by atoms with van der Waals surface area (Å²) >= 11 is 6.04. The minimum absolute atomic E-state index is 0.0792. The van der Waals surface area contributed by atoms with Crippen LogP contribution >= 0.6 is 11.6 Å². The molecule has 2 atom stereocenters. The number of hydrogen-bond donors (Lipinski definition) is 2. The molecule has 0 aromatic heterocycles. The number of hydrogen-bond acceptors (Lipinski definition) is 3. The van der Waals surface area contributed by atoms with Gasteiger partial charge >= 0.3 is 6.09 Å². The summed E-state index contributed by atoms with van der Waals surface area (Å²) in [4.78, 5) is 11.7. The van der Waals surface area contributed by atoms with E-state index in [4.69, 9.17) is 16.3 Å². The second-order valence-electron chi connectivity index (χ2n) is 7.31. The van der Waals surface area contributed by atoms with Gasteiger partial charge in [0.25, 0.3) is 0 Å². The summed E-state index contributed by atoms with van der Waals surface area (Å²) in [5.74, 6) is 0. The number of rotatable bonds is 5. The van der Waals surface area contributed by atoms with Gasteiger partial charge in [0.05, 0.1) is 0 Å². The lowest BCUT2D eigenvalue weighted by Crippen LogP contribution is -2.40. The van der Waals surface area contributed by atoms with E-state index < -0.39 is 5.60 Å². The van der Waals surface area contributed by atoms with Gasteiger partial charge in [-0.2, -0.15) is 0 Å². The Kier molecular flexibility index (Phi) is 5.93. The average Bonchev–Trinajstić information content (AvgIpc) is 2.77. The Balaban J connectivity index is 1.67. The summed E-state index contributed by atoms with van der Waals surface area (Å²) in [6.45, 7) is 8.45. The molecule has 1 aromatic rings. The Labute approximate surface area is 143 Å². The van der Waals surface area contributed by atoms with Crippen LogP contribution in [0.25, 0.3) is 0 Å². The Morgan fingerprint density at radius 3 is 2.74 bits per heavy atom. The first-order valence-electron chi connectivity index (χ1n) is 8.23. The minimum atomic E-state index is -0.459. The zero-order valence-corrected chi connectivity index (χ0v) is 15.2. The molecule has 23 heavy (non-hydrogen) atoms. The van der Waals surface area contributed by atoms with E-state index in [0.29, 0.717) is 6.04 Å². The standard InChI is InChI=1S/C18H27ClN2O2/c1-12(21-17(22)23-18(2,3)4)7-8-20-16-10-13-5-6-15(19)9-14(13)11-16/h5-6,9,12,16,20H,7-8,10-11H2,1-4H3,(H,21,22). The second kappa shape index (κ2) is 7.54. The fourth-order valence-electron chi connectivity index (χ4n) is 2.82. The van der Waals surface area contributed by atoms with Crippen molar-refractivity contribution in [1.82, 2.24) is 10.6 Å². The van der Waals surface area contributed by atoms with Crippen LogP contribution in [0.2, 0.25) is 5.02 Å². The van der Waals surface area contributed by atoms with Gasteiger partial charge in [0.15, 0.2) is 0 Å². The number of halogens is 1. The van der Waals surface area contributed by atoms with Gasteiger partial charge in [0.2, 0.25) is 0 Å². The van der Waals surface area contributed by atoms with Crippen LogP contribution in [-0.2, 0) is 17.6 Å². The number of carbonyl (C=O) groups is 1. The molecule has 4 nitrogen and oxygen atoms in total. The van der Waals surface area contributed by atoms with Crippen LogP contribution in [0, 0.1) is 0 Å². The van der Waals surface area contributed by atoms with E-state index in [-0.39, 0.29) is 12.1 Å². The first-order valence-corrected chi connectivity index (χ1v) is 8.61. The zero-order chi connectivity index (χ0) is 17.0. The molecule has 0 aliphatic heterocycles. The number of alkyl carbamates (subject to hydrolysis) is 1. The maximum atomic E-state index is 11.7. The van der Waals surface area contributed by atoms with Crippen LogP contribution in [0.4, 0.5) is 4.79 Å². The van der Waals surface area contributed by atoms with Gasteiger partial charge in [-0.25, -0.2) is 4.79 Å². The van der Waals surface area contributed by atoms with Gasteiger partial charge in [0.1, 0.15) is 5.60 Å². The molecule has 0 saturated heterocycles. The number of benzene rings is 1. The van der Waals surface area contributed by atoms with Crippen molar-refractivity contribution in [3.05, 3.63) is 34.3 Å². The summed E-state index contributed by atoms with van der Waals surface area (Å²) in [6.07, 6.45) is 2.57. The van der Waals surface area contributed by atoms with Gasteiger partial charge in [-0.05, 0) is 76.8 Å². The van der Waals surface area contributed by atoms with Crippen molar-refractivity contribution in [2.45, 2.75) is 64.6 Å². The van der Waals surface area contributed by atoms with E-state index in [9.17, 15) is 4.79 Å². The van der Waals surface area contributed by atoms with E-state index in [1.54, 1.807) is 0 Å². The summed E-state index contributed by atoms with van der Waals surface area (Å²) < 4.78 is 5.26. The average molecular weight is 339 g/mol. The number of nitrogens with one attached hydrogen (secondary N) is 2. The Morgan fingerprint density at radius 2 is 2.04 bits per heavy atom. The van der Waals surface area contributed by atoms with E-state index in [2.05, 4.69) is 22.8 Å². The molecule has 0 spiro atoms. The smallest absolute Gasteiger partial charge is 0.407 e. The topological polar surface area (TPSA) is 50.4 Å². The van der Waals surface area contributed by atoms with Crippen molar-refractivity contribution < 1.29 is 9.53 Å². The highest BCUT2D eigenvalue weighted by molar-refractivity contribution is 6.30. The molecule has 1 aromatic carbocycles. The molecule has 0 bridgehead atoms. The Bertz CT molecular complexity index is 554. The number of amides is 1. The maximum absolute atomic E-state index is 11.7. The lowest BCUT2D eigenvalue weighted by molar-refractivity contribution is 0.0506. The quantitative estimate of drug-likeness (QED) is 0.860. The molecule has 1 amide bonds. The highest BCUT2D eigenvalue weighted by Crippen LogP contribution is 2.25. The molecule has 1 aliphatic rings. The molecule has 2 N–H and O–H groups in total. The number of carbonyl (C=O) groups excluding carboxylic acids is 1. The van der Waals surface area contributed by atoms with Crippen molar-refractivity contribution >= 4 is 17.7 Å². The molecule has 0 radical (unpaired) electrons. The normalized spacial score (nSPS) is 18.4. The van der Waals surface area contributed by atoms with Crippen LogP contribution in [-0.4, -0.2) is 30.3 Å². The highest BCUT2D eigenvalue weighted by atomic mass is 35.5. The van der Waals surface area contributed by atoms with Gasteiger partial charge in [-0.15, -0.1) is 0 Å². The Hall–Kier alpha value is -1.26. The van der Waals surface area contributed by atoms with Crippen molar-refractivity contribution in [2.24, 2.45) is 0 Å². The van der Waals surface area contributed by atoms with E-state index in [1.165, 1.54) is 11.1 Å². The predicted octanol–water partition coefficient (Wildman–Crippen LogP) is 3.70. The van der Waals surface area contributed by atoms with E-state index >= 15 is 0 Å². The minimum Gasteiger partial charge on any atom is -0.444 e. The lowest BCUT2D eigenvalue weighted by atomic mass is 10.1. The zero-order valence-electron chi connectivity index (χ0n) is 14.4. The molecular formula is C18H27ClN2O2. The fraction of sp³-hybridized carbons (Fsp3) is 0.611. The van der Waals surface area contributed by atoms with Gasteiger partial charge in [-0.1, -0.05) is 17.7 Å². The fourth-order valence-corrected chi connectivity index (χ4v) is 3.01. The van der Waals surface area contributed by atoms with Gasteiger partial charge in [-0.3, -0.25) is 0 Å². The first-order chi connectivity index (χ1) is 10.7. The molecular weight excluding hydrogens is 312 g/mol. The number of ether oxygens (including phenoxy) is 1. The molecule has 0 saturated carbocycles. The van der Waals surface area contributed by atoms with Crippen LogP contribution in [0.15, 0.2) is 18.2 Å². The van der Waals surface area contributed by atoms with Crippen LogP contribution in [0.5, 0.6) is 0 Å². The van der Waals surface area contributed by atoms with Crippen molar-refractivity contribution in [2.75, 3.05) is 6.54 Å². The molecule has 0 fully saturated rings. The van der Waals surface area contributed by atoms with E-state index in [0.717, 1.165) is 30.8 Å². The van der Waals surface area contributed by atoms with Crippen LogP contribution in [0.1, 0.15) is 45.2 Å². The lowest BCUT2D eigenvalue weighted by Gasteiger charge is -2.22. The third-order valence-electron chi connectivity index (χ3n) is 3.87. The molecule has 5 heteroatoms. The summed E-state index contributed by atoms with van der Waals surface area (Å²) in [7, 11) is 0. The molecule has 2 rings (SSSR count). The van der Waals surface area contributed by atoms with Gasteiger partial charge < -0.3 is 15.4 Å². The number of fused-ring (bicyclic) bond motifs is 1. The summed E-state index contributed by atoms with van der Waals surface area (Å²) in [5, 5.41) is 7.24.